The molecule has 0 amide bonds. The van der Waals surface area contributed by atoms with Crippen molar-refractivity contribution in [2.45, 2.75) is 79.6 Å². The Hall–Kier alpha value is -3.81. The SMILES string of the molecule is C#C.C=C(CC(=O)OCC)c1cc(OCCCc2ccccc2)ccc1Cc1csc2ccccc12.CC.CCCCC. The molecule has 4 aromatic rings. The lowest BCUT2D eigenvalue weighted by atomic mass is 9.93. The Bertz CT molecular complexity index is 1350. The quantitative estimate of drug-likeness (QED) is 0.0872. The lowest BCUT2D eigenvalue weighted by Crippen LogP contribution is -2.06. The summed E-state index contributed by atoms with van der Waals surface area (Å²) in [5.41, 5.74) is 5.44. The van der Waals surface area contributed by atoms with Crippen molar-refractivity contribution < 1.29 is 14.3 Å². The van der Waals surface area contributed by atoms with E-state index in [1.54, 1.807) is 11.3 Å². The summed E-state index contributed by atoms with van der Waals surface area (Å²) in [7, 11) is 0. The zero-order chi connectivity index (χ0) is 31.9. The minimum absolute atomic E-state index is 0.169. The largest absolute Gasteiger partial charge is 0.494 e. The number of carbonyl (C=O) groups is 1. The van der Waals surface area contributed by atoms with Gasteiger partial charge in [-0.15, -0.1) is 24.2 Å². The van der Waals surface area contributed by atoms with Crippen molar-refractivity contribution in [3.63, 3.8) is 0 Å². The molecule has 4 heteroatoms. The van der Waals surface area contributed by atoms with Crippen LogP contribution in [0.3, 0.4) is 0 Å². The molecule has 1 aromatic heterocycles. The lowest BCUT2D eigenvalue weighted by Gasteiger charge is -2.15. The summed E-state index contributed by atoms with van der Waals surface area (Å²) in [5, 5.41) is 3.49. The van der Waals surface area contributed by atoms with Gasteiger partial charge in [-0.1, -0.05) is 108 Å². The van der Waals surface area contributed by atoms with Gasteiger partial charge in [0.15, 0.2) is 0 Å². The van der Waals surface area contributed by atoms with Gasteiger partial charge in [0.25, 0.3) is 0 Å². The third-order valence-corrected chi connectivity index (χ3v) is 7.51. The van der Waals surface area contributed by atoms with E-state index in [0.717, 1.165) is 41.7 Å². The molecule has 1 heterocycles. The van der Waals surface area contributed by atoms with Gasteiger partial charge in [0.2, 0.25) is 0 Å². The number of rotatable bonds is 13. The first-order chi connectivity index (χ1) is 21.0. The maximum Gasteiger partial charge on any atom is 0.310 e. The molecule has 0 saturated heterocycles. The molecule has 0 radical (unpaired) electrons. The summed E-state index contributed by atoms with van der Waals surface area (Å²) < 4.78 is 12.5. The van der Waals surface area contributed by atoms with Crippen LogP contribution in [0.15, 0.2) is 84.8 Å². The number of terminal acetylenes is 1. The molecule has 0 aliphatic rings. The second-order valence-corrected chi connectivity index (χ2v) is 10.5. The number of thiophene rings is 1. The van der Waals surface area contributed by atoms with E-state index in [1.807, 2.05) is 39.0 Å². The van der Waals surface area contributed by atoms with E-state index in [2.05, 4.69) is 93.3 Å². The van der Waals surface area contributed by atoms with E-state index < -0.39 is 0 Å². The second-order valence-electron chi connectivity index (χ2n) is 9.63. The number of carbonyl (C=O) groups excluding carboxylic acids is 1. The molecule has 0 N–H and O–H groups in total. The number of hydrogen-bond donors (Lipinski definition) is 0. The Balaban J connectivity index is 0.000000917. The zero-order valence-corrected chi connectivity index (χ0v) is 27.7. The minimum atomic E-state index is -0.256. The second kappa shape index (κ2) is 22.7. The molecule has 230 valence electrons. The summed E-state index contributed by atoms with van der Waals surface area (Å²) in [5.74, 6) is 0.542. The van der Waals surface area contributed by atoms with Crippen LogP contribution in [0.5, 0.6) is 5.75 Å². The first kappa shape index (κ1) is 37.2. The maximum absolute atomic E-state index is 12.1. The van der Waals surface area contributed by atoms with E-state index in [-0.39, 0.29) is 12.4 Å². The molecular formula is C39H50O3S. The first-order valence-electron chi connectivity index (χ1n) is 15.5. The highest BCUT2D eigenvalue weighted by molar-refractivity contribution is 7.17. The molecule has 0 unspecified atom stereocenters. The highest BCUT2D eigenvalue weighted by atomic mass is 32.1. The van der Waals surface area contributed by atoms with Crippen LogP contribution in [-0.4, -0.2) is 19.2 Å². The molecule has 0 atom stereocenters. The number of fused-ring (bicyclic) bond motifs is 1. The summed E-state index contributed by atoms with van der Waals surface area (Å²) in [6.45, 7) is 15.5. The van der Waals surface area contributed by atoms with Crippen LogP contribution in [0.25, 0.3) is 15.7 Å². The Morgan fingerprint density at radius 2 is 1.53 bits per heavy atom. The molecule has 0 bridgehead atoms. The average Bonchev–Trinajstić information content (AvgIpc) is 3.46. The molecule has 0 aliphatic carbocycles. The standard InChI is InChI=1S/C30H30O3S.C5H12.C2H6.C2H2/c1-3-32-30(31)18-22(2)28-20-26(33-17-9-12-23-10-5-4-6-11-23)16-15-24(28)19-25-21-34-29-14-8-7-13-27(25)29;1-3-5-4-2;2*1-2/h4-8,10-11,13-16,20-21H,2-3,9,12,17-19H2,1H3;3-5H2,1-2H3;1-2H3;1-2H. The predicted molar refractivity (Wildman–Crippen MR) is 188 cm³/mol. The van der Waals surface area contributed by atoms with Crippen LogP contribution >= 0.6 is 11.3 Å². The van der Waals surface area contributed by atoms with Crippen LogP contribution < -0.4 is 4.74 Å². The van der Waals surface area contributed by atoms with Crippen molar-refractivity contribution >= 4 is 33.0 Å². The van der Waals surface area contributed by atoms with Gasteiger partial charge in [0.1, 0.15) is 5.75 Å². The summed E-state index contributed by atoms with van der Waals surface area (Å²) in [6, 6.07) is 25.0. The van der Waals surface area contributed by atoms with Crippen molar-refractivity contribution in [3.05, 3.63) is 107 Å². The Morgan fingerprint density at radius 1 is 0.860 bits per heavy atom. The highest BCUT2D eigenvalue weighted by Gasteiger charge is 2.15. The molecule has 3 nitrogen and oxygen atoms in total. The number of hydrogen-bond acceptors (Lipinski definition) is 4. The smallest absolute Gasteiger partial charge is 0.310 e. The molecule has 0 spiro atoms. The van der Waals surface area contributed by atoms with E-state index in [0.29, 0.717) is 13.2 Å². The normalized spacial score (nSPS) is 9.74. The highest BCUT2D eigenvalue weighted by Crippen LogP contribution is 2.32. The number of unbranched alkanes of at least 4 members (excludes halogenated alkanes) is 2. The van der Waals surface area contributed by atoms with Gasteiger partial charge < -0.3 is 9.47 Å². The van der Waals surface area contributed by atoms with Crippen molar-refractivity contribution in [1.82, 2.24) is 0 Å². The van der Waals surface area contributed by atoms with Crippen molar-refractivity contribution in [2.75, 3.05) is 13.2 Å². The fourth-order valence-electron chi connectivity index (χ4n) is 4.45. The van der Waals surface area contributed by atoms with Crippen LogP contribution in [0.1, 0.15) is 89.0 Å². The van der Waals surface area contributed by atoms with E-state index in [1.165, 1.54) is 40.5 Å². The van der Waals surface area contributed by atoms with Gasteiger partial charge in [-0.05, 0) is 83.0 Å². The molecule has 0 saturated carbocycles. The zero-order valence-electron chi connectivity index (χ0n) is 26.9. The topological polar surface area (TPSA) is 35.5 Å². The molecule has 43 heavy (non-hydrogen) atoms. The van der Waals surface area contributed by atoms with Crippen LogP contribution in [-0.2, 0) is 22.4 Å². The van der Waals surface area contributed by atoms with Crippen LogP contribution in [0, 0.1) is 12.8 Å². The Morgan fingerprint density at radius 3 is 2.19 bits per heavy atom. The molecular weight excluding hydrogens is 548 g/mol. The minimum Gasteiger partial charge on any atom is -0.494 e. The molecule has 4 rings (SSSR count). The fourth-order valence-corrected chi connectivity index (χ4v) is 5.41. The number of aryl methyl sites for hydroxylation is 1. The number of esters is 1. The molecule has 3 aromatic carbocycles. The fraction of sp³-hybridized carbons (Fsp3) is 0.359. The van der Waals surface area contributed by atoms with Crippen LogP contribution in [0.4, 0.5) is 0 Å². The summed E-state index contributed by atoms with van der Waals surface area (Å²) in [6.07, 6.45) is 14.9. The van der Waals surface area contributed by atoms with Crippen LogP contribution in [0.2, 0.25) is 0 Å². The third kappa shape index (κ3) is 13.4. The van der Waals surface area contributed by atoms with E-state index >= 15 is 0 Å². The van der Waals surface area contributed by atoms with Crippen molar-refractivity contribution in [1.29, 1.82) is 0 Å². The van der Waals surface area contributed by atoms with Gasteiger partial charge in [0.05, 0.1) is 19.6 Å². The lowest BCUT2D eigenvalue weighted by molar-refractivity contribution is -0.141. The maximum atomic E-state index is 12.1. The van der Waals surface area contributed by atoms with Gasteiger partial charge in [-0.3, -0.25) is 4.79 Å². The van der Waals surface area contributed by atoms with E-state index in [4.69, 9.17) is 9.47 Å². The molecule has 0 fully saturated rings. The summed E-state index contributed by atoms with van der Waals surface area (Å²) in [4.78, 5) is 12.1. The molecule has 0 aliphatic heterocycles. The monoisotopic (exact) mass is 598 g/mol. The van der Waals surface area contributed by atoms with Gasteiger partial charge in [-0.25, -0.2) is 0 Å². The predicted octanol–water partition coefficient (Wildman–Crippen LogP) is 10.9. The van der Waals surface area contributed by atoms with Gasteiger partial charge in [0, 0.05) is 4.70 Å². The van der Waals surface area contributed by atoms with Gasteiger partial charge >= 0.3 is 5.97 Å². The third-order valence-electron chi connectivity index (χ3n) is 6.50. The summed E-state index contributed by atoms with van der Waals surface area (Å²) >= 11 is 1.76. The number of benzene rings is 3. The number of ether oxygens (including phenoxy) is 2. The first-order valence-corrected chi connectivity index (χ1v) is 16.3. The Labute approximate surface area is 265 Å². The Kier molecular flexibility index (Phi) is 19.7. The van der Waals surface area contributed by atoms with Crippen molar-refractivity contribution in [2.24, 2.45) is 0 Å². The average molecular weight is 599 g/mol. The van der Waals surface area contributed by atoms with Crippen molar-refractivity contribution in [3.8, 4) is 18.6 Å². The van der Waals surface area contributed by atoms with E-state index in [9.17, 15) is 4.79 Å². The van der Waals surface area contributed by atoms with Gasteiger partial charge in [-0.2, -0.15) is 0 Å².